The highest BCUT2D eigenvalue weighted by molar-refractivity contribution is 5.14. The van der Waals surface area contributed by atoms with Gasteiger partial charge in [0.05, 0.1) is 19.1 Å². The van der Waals surface area contributed by atoms with E-state index in [0.29, 0.717) is 13.0 Å². The van der Waals surface area contributed by atoms with E-state index in [1.807, 2.05) is 7.05 Å². The molecule has 4 heteroatoms. The fraction of sp³-hybridized carbons (Fsp3) is 0.611. The molecule has 0 bridgehead atoms. The normalized spacial score (nSPS) is 10.8. The summed E-state index contributed by atoms with van der Waals surface area (Å²) in [5.74, 6) is 0. The third-order valence-corrected chi connectivity index (χ3v) is 3.52. The fourth-order valence-electron chi connectivity index (χ4n) is 2.35. The van der Waals surface area contributed by atoms with Crippen LogP contribution in [0, 0.1) is 11.3 Å². The summed E-state index contributed by atoms with van der Waals surface area (Å²) in [7, 11) is 2.00. The molecule has 4 nitrogen and oxygen atoms in total. The second-order valence-corrected chi connectivity index (χ2v) is 5.45. The van der Waals surface area contributed by atoms with E-state index in [-0.39, 0.29) is 0 Å². The van der Waals surface area contributed by atoms with Gasteiger partial charge >= 0.3 is 0 Å². The number of benzene rings is 1. The van der Waals surface area contributed by atoms with Crippen molar-refractivity contribution < 1.29 is 4.74 Å². The molecule has 22 heavy (non-hydrogen) atoms. The predicted octanol–water partition coefficient (Wildman–Crippen LogP) is 2.81. The zero-order valence-corrected chi connectivity index (χ0v) is 13.8. The van der Waals surface area contributed by atoms with E-state index in [4.69, 9.17) is 10.00 Å². The highest BCUT2D eigenvalue weighted by Gasteiger charge is 2.05. The minimum Gasteiger partial charge on any atom is -0.380 e. The number of nitriles is 1. The maximum atomic E-state index is 8.44. The van der Waals surface area contributed by atoms with Gasteiger partial charge in [-0.15, -0.1) is 0 Å². The van der Waals surface area contributed by atoms with Crippen LogP contribution in [0.15, 0.2) is 30.3 Å². The summed E-state index contributed by atoms with van der Waals surface area (Å²) in [6.07, 6.45) is 3.85. The molecule has 1 rings (SSSR count). The molecule has 0 aliphatic rings. The SMILES string of the molecule is CNCCCN(CCCCOCCC#N)Cc1ccccc1. The summed E-state index contributed by atoms with van der Waals surface area (Å²) in [5.41, 5.74) is 1.37. The Morgan fingerprint density at radius 1 is 1.09 bits per heavy atom. The zero-order chi connectivity index (χ0) is 15.9. The molecule has 0 saturated carbocycles. The second-order valence-electron chi connectivity index (χ2n) is 5.45. The van der Waals surface area contributed by atoms with Crippen molar-refractivity contribution in [1.82, 2.24) is 10.2 Å². The number of rotatable bonds is 13. The molecule has 0 radical (unpaired) electrons. The van der Waals surface area contributed by atoms with Crippen molar-refractivity contribution in [2.75, 3.05) is 39.9 Å². The summed E-state index contributed by atoms with van der Waals surface area (Å²) in [6.45, 7) is 5.61. The van der Waals surface area contributed by atoms with E-state index in [1.165, 1.54) is 12.0 Å². The number of unbranched alkanes of at least 4 members (excludes halogenated alkanes) is 1. The third-order valence-electron chi connectivity index (χ3n) is 3.52. The largest absolute Gasteiger partial charge is 0.380 e. The van der Waals surface area contributed by atoms with Crippen molar-refractivity contribution in [3.8, 4) is 6.07 Å². The van der Waals surface area contributed by atoms with Gasteiger partial charge in [0.15, 0.2) is 0 Å². The first-order valence-electron chi connectivity index (χ1n) is 8.22. The smallest absolute Gasteiger partial charge is 0.0645 e. The Labute approximate surface area is 135 Å². The number of hydrogen-bond acceptors (Lipinski definition) is 4. The average molecular weight is 303 g/mol. The van der Waals surface area contributed by atoms with Crippen LogP contribution >= 0.6 is 0 Å². The molecular weight excluding hydrogens is 274 g/mol. The number of hydrogen-bond donors (Lipinski definition) is 1. The van der Waals surface area contributed by atoms with Crippen molar-refractivity contribution in [2.24, 2.45) is 0 Å². The highest BCUT2D eigenvalue weighted by Crippen LogP contribution is 2.07. The van der Waals surface area contributed by atoms with Crippen LogP contribution in [0.2, 0.25) is 0 Å². The first-order chi connectivity index (χ1) is 10.9. The molecule has 0 saturated heterocycles. The van der Waals surface area contributed by atoms with E-state index >= 15 is 0 Å². The fourth-order valence-corrected chi connectivity index (χ4v) is 2.35. The standard InChI is InChI=1S/C18H29N3O/c1-20-12-8-14-21(17-18-9-3-2-4-10-18)13-5-6-15-22-16-7-11-19/h2-4,9-10,20H,5-8,12-17H2,1H3. The van der Waals surface area contributed by atoms with E-state index < -0.39 is 0 Å². The van der Waals surface area contributed by atoms with Crippen LogP contribution < -0.4 is 5.32 Å². The van der Waals surface area contributed by atoms with Crippen molar-refractivity contribution >= 4 is 0 Å². The summed E-state index contributed by atoms with van der Waals surface area (Å²) < 4.78 is 5.42. The molecule has 0 atom stereocenters. The molecule has 122 valence electrons. The predicted molar refractivity (Wildman–Crippen MR) is 90.5 cm³/mol. The van der Waals surface area contributed by atoms with Gasteiger partial charge in [0, 0.05) is 13.2 Å². The van der Waals surface area contributed by atoms with Gasteiger partial charge in [-0.3, -0.25) is 4.90 Å². The van der Waals surface area contributed by atoms with Gasteiger partial charge in [0.25, 0.3) is 0 Å². The Balaban J connectivity index is 2.24. The molecule has 0 fully saturated rings. The van der Waals surface area contributed by atoms with Crippen molar-refractivity contribution in [3.63, 3.8) is 0 Å². The maximum Gasteiger partial charge on any atom is 0.0645 e. The number of nitrogens with one attached hydrogen (secondary N) is 1. The molecule has 0 aliphatic heterocycles. The van der Waals surface area contributed by atoms with Gasteiger partial charge in [0.2, 0.25) is 0 Å². The molecule has 0 aliphatic carbocycles. The minimum atomic E-state index is 0.490. The topological polar surface area (TPSA) is 48.3 Å². The average Bonchev–Trinajstić information content (AvgIpc) is 2.55. The van der Waals surface area contributed by atoms with Crippen LogP contribution in [-0.4, -0.2) is 44.8 Å². The lowest BCUT2D eigenvalue weighted by Crippen LogP contribution is -2.27. The third kappa shape index (κ3) is 9.51. The van der Waals surface area contributed by atoms with Gasteiger partial charge in [0.1, 0.15) is 0 Å². The first-order valence-corrected chi connectivity index (χ1v) is 8.22. The van der Waals surface area contributed by atoms with Crippen LogP contribution in [0.1, 0.15) is 31.2 Å². The number of ether oxygens (including phenoxy) is 1. The van der Waals surface area contributed by atoms with Crippen LogP contribution in [0.4, 0.5) is 0 Å². The van der Waals surface area contributed by atoms with E-state index in [2.05, 4.69) is 46.6 Å². The molecule has 1 aromatic carbocycles. The van der Waals surface area contributed by atoms with Crippen molar-refractivity contribution in [2.45, 2.75) is 32.2 Å². The minimum absolute atomic E-state index is 0.490. The quantitative estimate of drug-likeness (QED) is 0.569. The lowest BCUT2D eigenvalue weighted by molar-refractivity contribution is 0.131. The van der Waals surface area contributed by atoms with E-state index in [1.54, 1.807) is 0 Å². The molecule has 0 heterocycles. The zero-order valence-electron chi connectivity index (χ0n) is 13.8. The van der Waals surface area contributed by atoms with Crippen LogP contribution in [0.5, 0.6) is 0 Å². The maximum absolute atomic E-state index is 8.44. The van der Waals surface area contributed by atoms with Gasteiger partial charge in [-0.1, -0.05) is 30.3 Å². The lowest BCUT2D eigenvalue weighted by Gasteiger charge is -2.22. The van der Waals surface area contributed by atoms with Gasteiger partial charge < -0.3 is 10.1 Å². The summed E-state index contributed by atoms with van der Waals surface area (Å²) in [4.78, 5) is 2.52. The Kier molecular flexibility index (Phi) is 11.2. The molecule has 0 aromatic heterocycles. The van der Waals surface area contributed by atoms with Crippen LogP contribution in [-0.2, 0) is 11.3 Å². The molecule has 0 amide bonds. The van der Waals surface area contributed by atoms with E-state index in [0.717, 1.165) is 45.6 Å². The summed E-state index contributed by atoms with van der Waals surface area (Å²) in [5, 5.41) is 11.7. The summed E-state index contributed by atoms with van der Waals surface area (Å²) in [6, 6.07) is 12.7. The molecule has 1 aromatic rings. The number of nitrogens with zero attached hydrogens (tertiary/aromatic N) is 2. The Hall–Kier alpha value is -1.41. The van der Waals surface area contributed by atoms with E-state index in [9.17, 15) is 0 Å². The van der Waals surface area contributed by atoms with Crippen molar-refractivity contribution in [3.05, 3.63) is 35.9 Å². The Morgan fingerprint density at radius 3 is 2.59 bits per heavy atom. The Morgan fingerprint density at radius 2 is 1.86 bits per heavy atom. The van der Waals surface area contributed by atoms with Gasteiger partial charge in [-0.2, -0.15) is 5.26 Å². The summed E-state index contributed by atoms with van der Waals surface area (Å²) >= 11 is 0. The lowest BCUT2D eigenvalue weighted by atomic mass is 10.2. The second kappa shape index (κ2) is 13.3. The Bertz CT molecular complexity index is 403. The first kappa shape index (κ1) is 18.6. The monoisotopic (exact) mass is 303 g/mol. The molecule has 0 unspecified atom stereocenters. The van der Waals surface area contributed by atoms with Gasteiger partial charge in [-0.05, 0) is 51.5 Å². The van der Waals surface area contributed by atoms with Gasteiger partial charge in [-0.25, -0.2) is 0 Å². The van der Waals surface area contributed by atoms with Crippen LogP contribution in [0.3, 0.4) is 0 Å². The highest BCUT2D eigenvalue weighted by atomic mass is 16.5. The van der Waals surface area contributed by atoms with Crippen molar-refractivity contribution in [1.29, 1.82) is 5.26 Å². The van der Waals surface area contributed by atoms with Crippen LogP contribution in [0.25, 0.3) is 0 Å². The molecule has 0 spiro atoms. The molecule has 1 N–H and O–H groups in total. The molecular formula is C18H29N3O.